The molecule has 132 valence electrons. The first-order valence-corrected chi connectivity index (χ1v) is 8.62. The molecule has 0 saturated carbocycles. The molecule has 2 heterocycles. The van der Waals surface area contributed by atoms with E-state index in [1.165, 1.54) is 11.1 Å². The van der Waals surface area contributed by atoms with Gasteiger partial charge in [0.15, 0.2) is 0 Å². The molecule has 1 fully saturated rings. The average Bonchev–Trinajstić information content (AvgIpc) is 2.77. The molecule has 0 atom stereocenters. The molecule has 1 saturated heterocycles. The zero-order valence-electron chi connectivity index (χ0n) is 16.1. The second-order valence-electron chi connectivity index (χ2n) is 7.67. The van der Waals surface area contributed by atoms with Crippen molar-refractivity contribution in [2.75, 3.05) is 7.11 Å². The van der Waals surface area contributed by atoms with Crippen molar-refractivity contribution in [2.45, 2.75) is 52.7 Å². The maximum atomic E-state index is 6.20. The molecule has 25 heavy (non-hydrogen) atoms. The van der Waals surface area contributed by atoms with Crippen LogP contribution in [0.4, 0.5) is 0 Å². The lowest BCUT2D eigenvalue weighted by Crippen LogP contribution is -2.41. The van der Waals surface area contributed by atoms with Crippen LogP contribution in [-0.2, 0) is 9.31 Å². The number of nitrogens with zero attached hydrogens (tertiary/aromatic N) is 1. The fraction of sp³-hybridized carbons (Fsp3) is 0.450. The monoisotopic (exact) mass is 339 g/mol. The summed E-state index contributed by atoms with van der Waals surface area (Å²) in [5.41, 5.74) is 4.31. The second kappa shape index (κ2) is 6.15. The number of hydrogen-bond donors (Lipinski definition) is 0. The van der Waals surface area contributed by atoms with E-state index >= 15 is 0 Å². The normalized spacial score (nSPS) is 18.4. The van der Waals surface area contributed by atoms with E-state index in [2.05, 4.69) is 24.9 Å². The van der Waals surface area contributed by atoms with Crippen LogP contribution < -0.4 is 10.2 Å². The van der Waals surface area contributed by atoms with Gasteiger partial charge in [0.05, 0.1) is 24.0 Å². The Kier molecular flexibility index (Phi) is 4.42. The third-order valence-electron chi connectivity index (χ3n) is 5.41. The summed E-state index contributed by atoms with van der Waals surface area (Å²) >= 11 is 0. The zero-order valence-corrected chi connectivity index (χ0v) is 16.1. The molecular formula is C20H26BNO3. The van der Waals surface area contributed by atoms with Crippen LogP contribution in [0.25, 0.3) is 11.3 Å². The van der Waals surface area contributed by atoms with Gasteiger partial charge in [-0.3, -0.25) is 4.98 Å². The molecule has 0 bridgehead atoms. The largest absolute Gasteiger partial charge is 0.498 e. The third-order valence-corrected chi connectivity index (χ3v) is 5.41. The van der Waals surface area contributed by atoms with Gasteiger partial charge in [0.2, 0.25) is 0 Å². The molecule has 0 aliphatic carbocycles. The quantitative estimate of drug-likeness (QED) is 0.800. The van der Waals surface area contributed by atoms with Gasteiger partial charge in [-0.15, -0.1) is 0 Å². The molecule has 0 amide bonds. The highest BCUT2D eigenvalue weighted by Crippen LogP contribution is 2.38. The Hall–Kier alpha value is -1.85. The Morgan fingerprint density at radius 1 is 1.00 bits per heavy atom. The van der Waals surface area contributed by atoms with Crippen molar-refractivity contribution in [3.05, 3.63) is 41.6 Å². The predicted octanol–water partition coefficient (Wildman–Crippen LogP) is 3.67. The minimum Gasteiger partial charge on any atom is -0.496 e. The molecule has 0 radical (unpaired) electrons. The smallest absolute Gasteiger partial charge is 0.496 e. The number of hydrogen-bond acceptors (Lipinski definition) is 4. The fourth-order valence-corrected chi connectivity index (χ4v) is 2.91. The van der Waals surface area contributed by atoms with E-state index in [0.717, 1.165) is 22.5 Å². The van der Waals surface area contributed by atoms with Crippen molar-refractivity contribution < 1.29 is 14.0 Å². The van der Waals surface area contributed by atoms with Crippen LogP contribution >= 0.6 is 0 Å². The summed E-state index contributed by atoms with van der Waals surface area (Å²) in [7, 11) is 1.21. The summed E-state index contributed by atoms with van der Waals surface area (Å²) in [6.07, 6.45) is 1.89. The first-order valence-electron chi connectivity index (χ1n) is 8.62. The summed E-state index contributed by atoms with van der Waals surface area (Å²) in [6, 6.07) is 8.09. The Labute approximate surface area is 150 Å². The molecule has 4 nitrogen and oxygen atoms in total. The van der Waals surface area contributed by atoms with Gasteiger partial charge < -0.3 is 14.0 Å². The van der Waals surface area contributed by atoms with Gasteiger partial charge in [-0.1, -0.05) is 12.1 Å². The van der Waals surface area contributed by atoms with Crippen molar-refractivity contribution in [3.63, 3.8) is 0 Å². The summed E-state index contributed by atoms with van der Waals surface area (Å²) in [5, 5.41) is 0. The van der Waals surface area contributed by atoms with Crippen molar-refractivity contribution in [1.29, 1.82) is 0 Å². The summed E-state index contributed by atoms with van der Waals surface area (Å²) in [5.74, 6) is 0.747. The molecule has 0 N–H and O–H groups in total. The molecule has 1 aliphatic heterocycles. The molecule has 3 rings (SSSR count). The summed E-state index contributed by atoms with van der Waals surface area (Å²) in [4.78, 5) is 4.58. The van der Waals surface area contributed by atoms with Crippen molar-refractivity contribution >= 4 is 12.6 Å². The molecule has 1 aliphatic rings. The first-order chi connectivity index (χ1) is 11.7. The summed E-state index contributed by atoms with van der Waals surface area (Å²) in [6.45, 7) is 12.3. The van der Waals surface area contributed by atoms with Gasteiger partial charge in [0, 0.05) is 17.2 Å². The fourth-order valence-electron chi connectivity index (χ4n) is 2.91. The molecule has 0 unspecified atom stereocenters. The van der Waals surface area contributed by atoms with E-state index in [4.69, 9.17) is 14.0 Å². The number of methoxy groups -OCH3 is 1. The van der Waals surface area contributed by atoms with Crippen molar-refractivity contribution in [1.82, 2.24) is 4.98 Å². The van der Waals surface area contributed by atoms with Crippen LogP contribution in [0.3, 0.4) is 0 Å². The minimum atomic E-state index is -0.466. The lowest BCUT2D eigenvalue weighted by Gasteiger charge is -2.32. The highest BCUT2D eigenvalue weighted by molar-refractivity contribution is 6.63. The minimum absolute atomic E-state index is 0.391. The van der Waals surface area contributed by atoms with E-state index in [1.54, 1.807) is 7.11 Å². The highest BCUT2D eigenvalue weighted by atomic mass is 16.7. The number of ether oxygens (including phenoxy) is 1. The number of aryl methyl sites for hydroxylation is 2. The van der Waals surface area contributed by atoms with Crippen LogP contribution in [0.5, 0.6) is 5.75 Å². The van der Waals surface area contributed by atoms with E-state index < -0.39 is 18.3 Å². The lowest BCUT2D eigenvalue weighted by molar-refractivity contribution is 0.00578. The van der Waals surface area contributed by atoms with Crippen molar-refractivity contribution in [2.24, 2.45) is 0 Å². The average molecular weight is 339 g/mol. The number of benzene rings is 1. The Morgan fingerprint density at radius 2 is 1.64 bits per heavy atom. The SMILES string of the molecule is COc1c(B2OC(C)(C)C(C)(C)O2)cccc1-c1cc(C)c(C)cn1. The van der Waals surface area contributed by atoms with E-state index in [1.807, 2.05) is 52.1 Å². The Bertz CT molecular complexity index is 786. The third kappa shape index (κ3) is 3.07. The second-order valence-corrected chi connectivity index (χ2v) is 7.67. The van der Waals surface area contributed by atoms with Gasteiger partial charge in [-0.05, 0) is 64.8 Å². The predicted molar refractivity (Wildman–Crippen MR) is 101 cm³/mol. The summed E-state index contributed by atoms with van der Waals surface area (Å²) < 4.78 is 18.2. The molecule has 1 aromatic heterocycles. The molecule has 5 heteroatoms. The zero-order chi connectivity index (χ0) is 18.4. The van der Waals surface area contributed by atoms with E-state index in [0.29, 0.717) is 0 Å². The first kappa shape index (κ1) is 18.0. The number of pyridine rings is 1. The lowest BCUT2D eigenvalue weighted by atomic mass is 9.77. The topological polar surface area (TPSA) is 40.6 Å². The number of para-hydroxylation sites is 1. The molecule has 2 aromatic rings. The van der Waals surface area contributed by atoms with E-state index in [9.17, 15) is 0 Å². The van der Waals surface area contributed by atoms with Gasteiger partial charge in [0.1, 0.15) is 5.75 Å². The van der Waals surface area contributed by atoms with E-state index in [-0.39, 0.29) is 0 Å². The van der Waals surface area contributed by atoms with Gasteiger partial charge >= 0.3 is 7.12 Å². The van der Waals surface area contributed by atoms with Crippen molar-refractivity contribution in [3.8, 4) is 17.0 Å². The highest BCUT2D eigenvalue weighted by Gasteiger charge is 2.52. The molecule has 1 aromatic carbocycles. The Balaban J connectivity index is 2.07. The maximum Gasteiger partial charge on any atom is 0.498 e. The number of rotatable bonds is 3. The van der Waals surface area contributed by atoms with Crippen LogP contribution in [0.2, 0.25) is 0 Å². The standard InChI is InChI=1S/C20H26BNO3/c1-13-11-17(22-12-14(13)2)15-9-8-10-16(18(15)23-7)21-24-19(3,4)20(5,6)25-21/h8-12H,1-7H3. The van der Waals surface area contributed by atoms with Gasteiger partial charge in [-0.25, -0.2) is 0 Å². The van der Waals surface area contributed by atoms with Crippen LogP contribution in [0.1, 0.15) is 38.8 Å². The van der Waals surface area contributed by atoms with Gasteiger partial charge in [-0.2, -0.15) is 0 Å². The Morgan fingerprint density at radius 3 is 2.20 bits per heavy atom. The maximum absolute atomic E-state index is 6.20. The van der Waals surface area contributed by atoms with Crippen LogP contribution in [0.15, 0.2) is 30.5 Å². The number of aromatic nitrogens is 1. The molecular weight excluding hydrogens is 313 g/mol. The van der Waals surface area contributed by atoms with Crippen LogP contribution in [-0.4, -0.2) is 30.4 Å². The molecule has 0 spiro atoms. The van der Waals surface area contributed by atoms with Crippen LogP contribution in [0, 0.1) is 13.8 Å². The van der Waals surface area contributed by atoms with Gasteiger partial charge in [0.25, 0.3) is 0 Å².